The first-order valence-corrected chi connectivity index (χ1v) is 9.23. The first-order chi connectivity index (χ1) is 12.7. The fourth-order valence-electron chi connectivity index (χ4n) is 2.48. The Morgan fingerprint density at radius 2 is 2.04 bits per heavy atom. The fraction of sp³-hybridized carbons (Fsp3) is 0.375. The van der Waals surface area contributed by atoms with E-state index in [9.17, 15) is 4.79 Å². The molecule has 1 fully saturated rings. The predicted octanol–water partition coefficient (Wildman–Crippen LogP) is 2.07. The van der Waals surface area contributed by atoms with Crippen LogP contribution in [0.15, 0.2) is 34.5 Å². The quantitative estimate of drug-likeness (QED) is 0.385. The van der Waals surface area contributed by atoms with Crippen molar-refractivity contribution in [2.24, 2.45) is 5.10 Å². The second-order valence-corrected chi connectivity index (χ2v) is 6.68. The summed E-state index contributed by atoms with van der Waals surface area (Å²) in [7, 11) is 1.59. The highest BCUT2D eigenvalue weighted by Gasteiger charge is 2.13. The number of ether oxygens (including phenoxy) is 1. The van der Waals surface area contributed by atoms with E-state index in [0.29, 0.717) is 16.8 Å². The number of methoxy groups -OCH3 is 1. The molecule has 2 aromatic rings. The van der Waals surface area contributed by atoms with Gasteiger partial charge in [-0.3, -0.25) is 4.79 Å². The minimum Gasteiger partial charge on any atom is -0.497 e. The maximum Gasteiger partial charge on any atom is 0.264 e. The molecule has 1 aromatic heterocycles. The number of rotatable bonds is 7. The fourth-order valence-corrected chi connectivity index (χ4v) is 3.13. The van der Waals surface area contributed by atoms with Gasteiger partial charge >= 0.3 is 0 Å². The van der Waals surface area contributed by atoms with Gasteiger partial charge in [0, 0.05) is 11.4 Å². The second-order valence-electron chi connectivity index (χ2n) is 5.74. The maximum atomic E-state index is 12.1. The number of amides is 1. The summed E-state index contributed by atoms with van der Waals surface area (Å²) < 4.78 is 6.38. The summed E-state index contributed by atoms with van der Waals surface area (Å²) in [6, 6.07) is 7.11. The molecule has 1 aromatic carbocycles. The lowest BCUT2D eigenvalue weighted by atomic mass is 10.3. The molecular formula is C16H21N7O2S. The van der Waals surface area contributed by atoms with Crippen LogP contribution in [0.1, 0.15) is 25.7 Å². The number of anilines is 2. The molecule has 0 aliphatic heterocycles. The van der Waals surface area contributed by atoms with E-state index < -0.39 is 0 Å². The summed E-state index contributed by atoms with van der Waals surface area (Å²) in [4.78, 5) is 12.1. The molecule has 0 bridgehead atoms. The van der Waals surface area contributed by atoms with Crippen LogP contribution in [0.3, 0.4) is 0 Å². The molecule has 138 valence electrons. The minimum absolute atomic E-state index is 0.163. The van der Waals surface area contributed by atoms with E-state index in [1.807, 2.05) is 0 Å². The van der Waals surface area contributed by atoms with Gasteiger partial charge in [0.05, 0.1) is 12.9 Å². The number of nitrogens with one attached hydrogen (secondary N) is 2. The van der Waals surface area contributed by atoms with Gasteiger partial charge in [0.2, 0.25) is 11.1 Å². The van der Waals surface area contributed by atoms with Gasteiger partial charge in [-0.15, -0.1) is 10.2 Å². The number of hydrazone groups is 1. The Morgan fingerprint density at radius 1 is 1.31 bits per heavy atom. The molecule has 1 saturated carbocycles. The van der Waals surface area contributed by atoms with Gasteiger partial charge in [-0.2, -0.15) is 5.10 Å². The van der Waals surface area contributed by atoms with Gasteiger partial charge in [-0.25, -0.2) is 10.1 Å². The summed E-state index contributed by atoms with van der Waals surface area (Å²) in [5, 5.41) is 15.5. The molecule has 0 atom stereocenters. The SMILES string of the molecule is COc1ccc(NC(=O)CSc2nnc(NN=C3CCCC3)n2N)cc1. The van der Waals surface area contributed by atoms with Gasteiger partial charge in [0.15, 0.2) is 0 Å². The average Bonchev–Trinajstić information content (AvgIpc) is 3.29. The van der Waals surface area contributed by atoms with Crippen LogP contribution < -0.4 is 21.3 Å². The Kier molecular flexibility index (Phi) is 5.95. The van der Waals surface area contributed by atoms with Crippen LogP contribution in [0.5, 0.6) is 5.75 Å². The first kappa shape index (κ1) is 18.1. The smallest absolute Gasteiger partial charge is 0.264 e. The number of thioether (sulfide) groups is 1. The molecular weight excluding hydrogens is 354 g/mol. The van der Waals surface area contributed by atoms with Crippen LogP contribution in [0, 0.1) is 0 Å². The topological polar surface area (TPSA) is 119 Å². The third kappa shape index (κ3) is 4.66. The zero-order valence-electron chi connectivity index (χ0n) is 14.4. The Balaban J connectivity index is 1.50. The Hall–Kier alpha value is -2.75. The summed E-state index contributed by atoms with van der Waals surface area (Å²) in [5.41, 5.74) is 4.65. The number of hydrogen-bond acceptors (Lipinski definition) is 8. The van der Waals surface area contributed by atoms with Gasteiger partial charge in [-0.05, 0) is 49.9 Å². The highest BCUT2D eigenvalue weighted by Crippen LogP contribution is 2.19. The van der Waals surface area contributed by atoms with Crippen molar-refractivity contribution < 1.29 is 9.53 Å². The molecule has 0 unspecified atom stereocenters. The molecule has 1 amide bonds. The predicted molar refractivity (Wildman–Crippen MR) is 102 cm³/mol. The molecule has 3 rings (SSSR count). The van der Waals surface area contributed by atoms with E-state index in [1.54, 1.807) is 31.4 Å². The number of nitrogens with zero attached hydrogens (tertiary/aromatic N) is 4. The third-order valence-corrected chi connectivity index (χ3v) is 4.81. The van der Waals surface area contributed by atoms with E-state index in [-0.39, 0.29) is 11.7 Å². The lowest BCUT2D eigenvalue weighted by Gasteiger charge is -2.06. The van der Waals surface area contributed by atoms with Gasteiger partial charge < -0.3 is 15.9 Å². The van der Waals surface area contributed by atoms with Crippen LogP contribution in [0.2, 0.25) is 0 Å². The van der Waals surface area contributed by atoms with Crippen molar-refractivity contribution in [1.29, 1.82) is 0 Å². The molecule has 26 heavy (non-hydrogen) atoms. The number of aromatic nitrogens is 3. The van der Waals surface area contributed by atoms with E-state index in [2.05, 4.69) is 26.0 Å². The number of nitrogen functional groups attached to an aromatic ring is 1. The minimum atomic E-state index is -0.163. The van der Waals surface area contributed by atoms with Crippen LogP contribution in [-0.4, -0.2) is 39.4 Å². The van der Waals surface area contributed by atoms with Gasteiger partial charge in [0.25, 0.3) is 5.95 Å². The van der Waals surface area contributed by atoms with Crippen molar-refractivity contribution >= 4 is 35.0 Å². The summed E-state index contributed by atoms with van der Waals surface area (Å²) in [6.07, 6.45) is 4.33. The highest BCUT2D eigenvalue weighted by molar-refractivity contribution is 7.99. The molecule has 10 heteroatoms. The van der Waals surface area contributed by atoms with Crippen LogP contribution in [0.25, 0.3) is 0 Å². The molecule has 0 spiro atoms. The third-order valence-electron chi connectivity index (χ3n) is 3.87. The molecule has 0 saturated heterocycles. The largest absolute Gasteiger partial charge is 0.497 e. The van der Waals surface area contributed by atoms with Crippen LogP contribution in [-0.2, 0) is 4.79 Å². The van der Waals surface area contributed by atoms with Crippen molar-refractivity contribution in [2.75, 3.05) is 29.4 Å². The maximum absolute atomic E-state index is 12.1. The second kappa shape index (κ2) is 8.56. The zero-order valence-corrected chi connectivity index (χ0v) is 15.3. The van der Waals surface area contributed by atoms with Gasteiger partial charge in [-0.1, -0.05) is 11.8 Å². The number of benzene rings is 1. The number of carbonyl (C=O) groups excluding carboxylic acids is 1. The first-order valence-electron chi connectivity index (χ1n) is 8.24. The monoisotopic (exact) mass is 375 g/mol. The van der Waals surface area contributed by atoms with E-state index in [0.717, 1.165) is 24.3 Å². The number of hydrogen-bond donors (Lipinski definition) is 3. The lowest BCUT2D eigenvalue weighted by molar-refractivity contribution is -0.113. The van der Waals surface area contributed by atoms with Crippen molar-refractivity contribution in [2.45, 2.75) is 30.8 Å². The van der Waals surface area contributed by atoms with E-state index in [1.165, 1.54) is 29.3 Å². The van der Waals surface area contributed by atoms with E-state index >= 15 is 0 Å². The van der Waals surface area contributed by atoms with Gasteiger partial charge in [0.1, 0.15) is 5.75 Å². The Labute approximate surface area is 155 Å². The molecule has 9 nitrogen and oxygen atoms in total. The van der Waals surface area contributed by atoms with Crippen LogP contribution in [0.4, 0.5) is 11.6 Å². The Morgan fingerprint density at radius 3 is 2.73 bits per heavy atom. The molecule has 1 aliphatic rings. The standard InChI is InChI=1S/C16H21N7O2S/c1-25-13-8-6-11(7-9-13)18-14(24)10-26-16-22-21-15(23(16)17)20-19-12-4-2-3-5-12/h6-9H,2-5,10,17H2,1H3,(H,18,24)(H,20,21). The average molecular weight is 375 g/mol. The lowest BCUT2D eigenvalue weighted by Crippen LogP contribution is -2.17. The molecule has 0 radical (unpaired) electrons. The molecule has 4 N–H and O–H groups in total. The summed E-state index contributed by atoms with van der Waals surface area (Å²) >= 11 is 1.20. The van der Waals surface area contributed by atoms with Crippen molar-refractivity contribution in [3.05, 3.63) is 24.3 Å². The normalized spacial score (nSPS) is 13.5. The number of carbonyl (C=O) groups is 1. The van der Waals surface area contributed by atoms with Crippen molar-refractivity contribution in [1.82, 2.24) is 14.9 Å². The molecule has 1 heterocycles. The zero-order chi connectivity index (χ0) is 18.4. The van der Waals surface area contributed by atoms with Crippen molar-refractivity contribution in [3.63, 3.8) is 0 Å². The van der Waals surface area contributed by atoms with Crippen LogP contribution >= 0.6 is 11.8 Å². The molecule has 1 aliphatic carbocycles. The highest BCUT2D eigenvalue weighted by atomic mass is 32.2. The van der Waals surface area contributed by atoms with Crippen molar-refractivity contribution in [3.8, 4) is 5.75 Å². The Bertz CT molecular complexity index is 780. The summed E-state index contributed by atoms with van der Waals surface area (Å²) in [5.74, 6) is 7.03. The number of nitrogens with two attached hydrogens (primary N) is 1. The summed E-state index contributed by atoms with van der Waals surface area (Å²) in [6.45, 7) is 0. The van der Waals surface area contributed by atoms with E-state index in [4.69, 9.17) is 10.6 Å².